The topological polar surface area (TPSA) is 62.9 Å². The zero-order valence-corrected chi connectivity index (χ0v) is 17.2. The van der Waals surface area contributed by atoms with Crippen molar-refractivity contribution in [1.82, 2.24) is 10.2 Å². The fourth-order valence-electron chi connectivity index (χ4n) is 2.44. The second kappa shape index (κ2) is 11.5. The van der Waals surface area contributed by atoms with Crippen molar-refractivity contribution in [3.05, 3.63) is 29.8 Å². The van der Waals surface area contributed by atoms with E-state index in [1.807, 2.05) is 24.3 Å². The number of rotatable bonds is 9. The minimum absolute atomic E-state index is 0. The van der Waals surface area contributed by atoms with Gasteiger partial charge in [-0.05, 0) is 57.0 Å². The highest BCUT2D eigenvalue weighted by Gasteiger charge is 2.16. The first-order valence-electron chi connectivity index (χ1n) is 8.54. The molecule has 0 bridgehead atoms. The molecule has 0 aromatic heterocycles. The molecule has 3 N–H and O–H groups in total. The third-order valence-electron chi connectivity index (χ3n) is 4.17. The summed E-state index contributed by atoms with van der Waals surface area (Å²) in [6.07, 6.45) is 5.02. The summed E-state index contributed by atoms with van der Waals surface area (Å²) in [5.41, 5.74) is 7.03. The fraction of sp³-hybridized carbons (Fsp3) is 0.611. The predicted octanol–water partition coefficient (Wildman–Crippen LogP) is 2.84. The van der Waals surface area contributed by atoms with E-state index in [1.165, 1.54) is 19.3 Å². The van der Waals surface area contributed by atoms with Gasteiger partial charge in [-0.1, -0.05) is 18.6 Å². The normalized spacial score (nSPS) is 14.9. The molecule has 1 aromatic rings. The van der Waals surface area contributed by atoms with Gasteiger partial charge in [0, 0.05) is 13.1 Å². The first kappa shape index (κ1) is 21.0. The zero-order chi connectivity index (χ0) is 16.5. The van der Waals surface area contributed by atoms with E-state index in [1.54, 1.807) is 0 Å². The van der Waals surface area contributed by atoms with Gasteiger partial charge in [0.2, 0.25) is 0 Å². The molecule has 1 saturated carbocycles. The molecule has 0 aliphatic heterocycles. The summed E-state index contributed by atoms with van der Waals surface area (Å²) in [6, 6.07) is 8.09. The summed E-state index contributed by atoms with van der Waals surface area (Å²) in [4.78, 5) is 6.55. The molecule has 0 amide bonds. The van der Waals surface area contributed by atoms with Gasteiger partial charge in [-0.3, -0.25) is 0 Å². The smallest absolute Gasteiger partial charge is 0.188 e. The van der Waals surface area contributed by atoms with Crippen LogP contribution in [0.15, 0.2) is 29.3 Å². The minimum Gasteiger partial charge on any atom is -0.494 e. The lowest BCUT2D eigenvalue weighted by atomic mass is 9.85. The average molecular weight is 446 g/mol. The Hall–Kier alpha value is -1.02. The first-order chi connectivity index (χ1) is 11.1. The third kappa shape index (κ3) is 8.19. The van der Waals surface area contributed by atoms with Crippen LogP contribution in [-0.4, -0.2) is 44.7 Å². The van der Waals surface area contributed by atoms with Crippen molar-refractivity contribution >= 4 is 29.9 Å². The molecule has 5 nitrogen and oxygen atoms in total. The van der Waals surface area contributed by atoms with Gasteiger partial charge in [-0.2, -0.15) is 0 Å². The summed E-state index contributed by atoms with van der Waals surface area (Å²) in [7, 11) is 4.14. The third-order valence-corrected chi connectivity index (χ3v) is 4.17. The van der Waals surface area contributed by atoms with Gasteiger partial charge < -0.3 is 20.7 Å². The van der Waals surface area contributed by atoms with Crippen LogP contribution in [0.25, 0.3) is 0 Å². The lowest BCUT2D eigenvalue weighted by Crippen LogP contribution is -2.37. The summed E-state index contributed by atoms with van der Waals surface area (Å²) in [6.45, 7) is 3.34. The maximum Gasteiger partial charge on any atom is 0.188 e. The van der Waals surface area contributed by atoms with Crippen LogP contribution in [0.1, 0.15) is 31.2 Å². The highest BCUT2D eigenvalue weighted by atomic mass is 127. The van der Waals surface area contributed by atoms with Crippen molar-refractivity contribution in [2.24, 2.45) is 16.6 Å². The minimum atomic E-state index is 0. The molecule has 0 heterocycles. The molecule has 1 aliphatic rings. The largest absolute Gasteiger partial charge is 0.494 e. The molecular weight excluding hydrogens is 415 g/mol. The van der Waals surface area contributed by atoms with Crippen LogP contribution in [0.3, 0.4) is 0 Å². The lowest BCUT2D eigenvalue weighted by Gasteiger charge is -2.25. The lowest BCUT2D eigenvalue weighted by molar-refractivity contribution is 0.281. The van der Waals surface area contributed by atoms with Crippen LogP contribution in [-0.2, 0) is 6.54 Å². The Balaban J connectivity index is 0.00000288. The summed E-state index contributed by atoms with van der Waals surface area (Å²) >= 11 is 0. The quantitative estimate of drug-likeness (QED) is 0.265. The van der Waals surface area contributed by atoms with E-state index < -0.39 is 0 Å². The first-order valence-corrected chi connectivity index (χ1v) is 8.54. The number of hydrogen-bond acceptors (Lipinski definition) is 3. The van der Waals surface area contributed by atoms with Crippen molar-refractivity contribution in [3.63, 3.8) is 0 Å². The van der Waals surface area contributed by atoms with Gasteiger partial charge in [0.15, 0.2) is 5.96 Å². The Morgan fingerprint density at radius 3 is 2.58 bits per heavy atom. The van der Waals surface area contributed by atoms with Gasteiger partial charge >= 0.3 is 0 Å². The highest BCUT2D eigenvalue weighted by Crippen LogP contribution is 2.25. The number of nitrogens with one attached hydrogen (secondary N) is 1. The summed E-state index contributed by atoms with van der Waals surface area (Å²) < 4.78 is 5.72. The molecular formula is C18H31IN4O. The maximum absolute atomic E-state index is 5.89. The molecule has 0 unspecified atom stereocenters. The molecule has 0 spiro atoms. The van der Waals surface area contributed by atoms with Crippen LogP contribution < -0.4 is 15.8 Å². The Bertz CT molecular complexity index is 486. The molecule has 2 rings (SSSR count). The summed E-state index contributed by atoms with van der Waals surface area (Å²) in [5, 5.41) is 3.21. The van der Waals surface area contributed by atoms with E-state index in [9.17, 15) is 0 Å². The predicted molar refractivity (Wildman–Crippen MR) is 111 cm³/mol. The fourth-order valence-corrected chi connectivity index (χ4v) is 2.44. The van der Waals surface area contributed by atoms with Crippen LogP contribution in [0.5, 0.6) is 5.75 Å². The van der Waals surface area contributed by atoms with Gasteiger partial charge in [0.25, 0.3) is 0 Å². The SMILES string of the molecule is CN(C)CCCOc1ccc(CN=C(N)NCC2CCC2)cc1.I. The number of ether oxygens (including phenoxy) is 1. The monoisotopic (exact) mass is 446 g/mol. The van der Waals surface area contributed by atoms with Gasteiger partial charge in [0.05, 0.1) is 13.2 Å². The number of aliphatic imine (C=N–C) groups is 1. The molecule has 0 atom stereocenters. The Labute approximate surface area is 163 Å². The Morgan fingerprint density at radius 2 is 2.00 bits per heavy atom. The highest BCUT2D eigenvalue weighted by molar-refractivity contribution is 14.0. The van der Waals surface area contributed by atoms with E-state index in [4.69, 9.17) is 10.5 Å². The zero-order valence-electron chi connectivity index (χ0n) is 14.8. The molecule has 0 radical (unpaired) electrons. The number of hydrogen-bond donors (Lipinski definition) is 2. The Morgan fingerprint density at radius 1 is 1.29 bits per heavy atom. The van der Waals surface area contributed by atoms with Gasteiger partial charge in [-0.25, -0.2) is 4.99 Å². The van der Waals surface area contributed by atoms with Crippen LogP contribution >= 0.6 is 24.0 Å². The van der Waals surface area contributed by atoms with Gasteiger partial charge in [0.1, 0.15) is 5.75 Å². The van der Waals surface area contributed by atoms with E-state index in [-0.39, 0.29) is 24.0 Å². The molecule has 0 saturated heterocycles. The maximum atomic E-state index is 5.89. The number of benzene rings is 1. The van der Waals surface area contributed by atoms with Crippen LogP contribution in [0.4, 0.5) is 0 Å². The van der Waals surface area contributed by atoms with Crippen molar-refractivity contribution in [3.8, 4) is 5.75 Å². The van der Waals surface area contributed by atoms with Crippen molar-refractivity contribution in [2.75, 3.05) is 33.8 Å². The molecule has 1 aliphatic carbocycles. The van der Waals surface area contributed by atoms with E-state index in [2.05, 4.69) is 29.3 Å². The van der Waals surface area contributed by atoms with Gasteiger partial charge in [-0.15, -0.1) is 24.0 Å². The Kier molecular flexibility index (Phi) is 10.1. The molecule has 136 valence electrons. The van der Waals surface area contributed by atoms with E-state index in [0.717, 1.165) is 43.3 Å². The van der Waals surface area contributed by atoms with E-state index >= 15 is 0 Å². The second-order valence-corrected chi connectivity index (χ2v) is 6.53. The van der Waals surface area contributed by atoms with Crippen LogP contribution in [0, 0.1) is 5.92 Å². The van der Waals surface area contributed by atoms with E-state index in [0.29, 0.717) is 12.5 Å². The van der Waals surface area contributed by atoms with Crippen molar-refractivity contribution < 1.29 is 4.74 Å². The number of guanidine groups is 1. The molecule has 24 heavy (non-hydrogen) atoms. The second-order valence-electron chi connectivity index (χ2n) is 6.53. The summed E-state index contributed by atoms with van der Waals surface area (Å²) in [5.74, 6) is 2.24. The standard InChI is InChI=1S/C18H30N4O.HI/c1-22(2)11-4-12-23-17-9-7-16(8-10-17)14-21-18(19)20-13-15-5-3-6-15;/h7-10,15H,3-6,11-14H2,1-2H3,(H3,19,20,21);1H. The number of nitrogens with zero attached hydrogens (tertiary/aromatic N) is 2. The number of halogens is 1. The van der Waals surface area contributed by atoms with Crippen LogP contribution in [0.2, 0.25) is 0 Å². The van der Waals surface area contributed by atoms with Crippen molar-refractivity contribution in [1.29, 1.82) is 0 Å². The number of nitrogens with two attached hydrogens (primary N) is 1. The van der Waals surface area contributed by atoms with Crippen molar-refractivity contribution in [2.45, 2.75) is 32.2 Å². The molecule has 6 heteroatoms. The molecule has 1 aromatic carbocycles. The average Bonchev–Trinajstić information content (AvgIpc) is 2.49. The molecule has 1 fully saturated rings.